The van der Waals surface area contributed by atoms with Gasteiger partial charge in [-0.05, 0) is 6.42 Å². The molecule has 17 heteroatoms. The van der Waals surface area contributed by atoms with Gasteiger partial charge in [-0.25, -0.2) is 10.1 Å². The van der Waals surface area contributed by atoms with Crippen LogP contribution in [0.3, 0.4) is 0 Å². The molecule has 0 unspecified atom stereocenters. The first-order valence-electron chi connectivity index (χ1n) is 7.01. The van der Waals surface area contributed by atoms with Crippen LogP contribution in [0.25, 0.3) is 0 Å². The molecule has 0 N–H and O–H groups in total. The molecule has 0 atom stereocenters. The Labute approximate surface area is 143 Å². The van der Waals surface area contributed by atoms with Crippen molar-refractivity contribution in [3.63, 3.8) is 0 Å². The molecule has 0 aliphatic heterocycles. The van der Waals surface area contributed by atoms with Crippen molar-refractivity contribution in [2.24, 2.45) is 0 Å². The van der Waals surface area contributed by atoms with Crippen molar-refractivity contribution in [1.82, 2.24) is 5.01 Å². The van der Waals surface area contributed by atoms with E-state index < -0.39 is 62.2 Å². The second-order valence-corrected chi connectivity index (χ2v) is 5.21. The van der Waals surface area contributed by atoms with Crippen LogP contribution in [0, 0.1) is 50.6 Å². The lowest BCUT2D eigenvalue weighted by atomic mass is 10.0. The maximum atomic E-state index is 13.7. The van der Waals surface area contributed by atoms with E-state index in [1.165, 1.54) is 0 Å². The second kappa shape index (κ2) is 8.72. The van der Waals surface area contributed by atoms with Gasteiger partial charge in [0.15, 0.2) is 11.5 Å². The third-order valence-electron chi connectivity index (χ3n) is 3.52. The zero-order chi connectivity index (χ0) is 20.7. The second-order valence-electron chi connectivity index (χ2n) is 5.21. The maximum absolute atomic E-state index is 13.7. The first-order valence-corrected chi connectivity index (χ1v) is 7.01. The summed E-state index contributed by atoms with van der Waals surface area (Å²) in [5, 5.41) is 52.7. The summed E-state index contributed by atoms with van der Waals surface area (Å²) in [6.45, 7) is -1.23. The molecule has 0 saturated carbocycles. The molecule has 0 heterocycles. The molecule has 0 fully saturated rings. The molecule has 0 aromatic carbocycles. The Kier molecular flexibility index (Phi) is 7.62. The molecule has 0 spiro atoms. The normalized spacial score (nSPS) is 11.6. The first kappa shape index (κ1) is 22.7. The van der Waals surface area contributed by atoms with Gasteiger partial charge >= 0.3 is 11.6 Å². The summed E-state index contributed by atoms with van der Waals surface area (Å²) in [6.07, 6.45) is -2.09. The molecule has 0 bridgehead atoms. The zero-order valence-corrected chi connectivity index (χ0v) is 13.4. The minimum atomic E-state index is -4.27. The molecule has 0 aliphatic rings. The van der Waals surface area contributed by atoms with Gasteiger partial charge in [0.05, 0.1) is 13.0 Å². The van der Waals surface area contributed by atoms with Crippen LogP contribution in [0.1, 0.15) is 32.6 Å². The Morgan fingerprint density at radius 1 is 0.846 bits per heavy atom. The Balaban J connectivity index is 5.63. The molecule has 148 valence electrons. The van der Waals surface area contributed by atoms with Gasteiger partial charge in [0.2, 0.25) is 6.54 Å². The molecule has 0 aromatic heterocycles. The number of nitro groups is 5. The van der Waals surface area contributed by atoms with Crippen LogP contribution in [0.4, 0.5) is 4.39 Å². The van der Waals surface area contributed by atoms with Gasteiger partial charge in [-0.2, -0.15) is 0 Å². The lowest BCUT2D eigenvalue weighted by Crippen LogP contribution is -2.57. The van der Waals surface area contributed by atoms with Crippen molar-refractivity contribution in [3.05, 3.63) is 50.6 Å². The number of unbranched alkanes of at least 4 members (excludes halogenated alkanes) is 1. The number of alkyl halides is 1. The summed E-state index contributed by atoms with van der Waals surface area (Å²) in [7, 11) is 0. The van der Waals surface area contributed by atoms with E-state index in [0.717, 1.165) is 0 Å². The van der Waals surface area contributed by atoms with E-state index in [9.17, 15) is 55.0 Å². The SMILES string of the molecule is CCCCC(CN(CCC(F)([N+](=O)[O-])[N+](=O)[O-])[N+](=O)[O-])([N+](=O)[O-])[N+](=O)[O-]. The molecule has 0 aromatic rings. The van der Waals surface area contributed by atoms with Crippen LogP contribution in [-0.2, 0) is 0 Å². The van der Waals surface area contributed by atoms with E-state index in [0.29, 0.717) is 0 Å². The van der Waals surface area contributed by atoms with Gasteiger partial charge in [0, 0.05) is 0 Å². The number of hydrazine groups is 1. The molecule has 16 nitrogen and oxygen atoms in total. The van der Waals surface area contributed by atoms with E-state index in [1.54, 1.807) is 6.92 Å². The highest BCUT2D eigenvalue weighted by atomic mass is 19.2. The summed E-state index contributed by atoms with van der Waals surface area (Å²) < 4.78 is 13.7. The van der Waals surface area contributed by atoms with Crippen molar-refractivity contribution in [3.8, 4) is 0 Å². The summed E-state index contributed by atoms with van der Waals surface area (Å²) in [5.74, 6) is -4.27. The maximum Gasteiger partial charge on any atom is 0.615 e. The minimum Gasteiger partial charge on any atom is -0.258 e. The van der Waals surface area contributed by atoms with Crippen molar-refractivity contribution in [2.75, 3.05) is 13.1 Å². The molecular formula is C9H15FN6O10. The van der Waals surface area contributed by atoms with Crippen LogP contribution < -0.4 is 0 Å². The number of nitrogens with zero attached hydrogens (tertiary/aromatic N) is 6. The number of hydrogen-bond acceptors (Lipinski definition) is 10. The number of hydrogen-bond donors (Lipinski definition) is 0. The Bertz CT molecular complexity index is 572. The summed E-state index contributed by atoms with van der Waals surface area (Å²) in [4.78, 5) is 47.7. The summed E-state index contributed by atoms with van der Waals surface area (Å²) in [6, 6.07) is 0. The van der Waals surface area contributed by atoms with Gasteiger partial charge in [-0.15, -0.1) is 5.01 Å². The fourth-order valence-electron chi connectivity index (χ4n) is 1.93. The quantitative estimate of drug-likeness (QED) is 0.183. The highest BCUT2D eigenvalue weighted by molar-refractivity contribution is 4.71. The molecule has 0 saturated heterocycles. The monoisotopic (exact) mass is 386 g/mol. The molecule has 0 rings (SSSR count). The minimum absolute atomic E-state index is 0.0373. The number of halogens is 1. The van der Waals surface area contributed by atoms with E-state index in [2.05, 4.69) is 0 Å². The van der Waals surface area contributed by atoms with E-state index in [1.807, 2.05) is 0 Å². The van der Waals surface area contributed by atoms with E-state index in [-0.39, 0.29) is 17.9 Å². The van der Waals surface area contributed by atoms with E-state index >= 15 is 0 Å². The van der Waals surface area contributed by atoms with Crippen LogP contribution in [0.5, 0.6) is 0 Å². The van der Waals surface area contributed by atoms with Gasteiger partial charge in [-0.1, -0.05) is 17.7 Å². The van der Waals surface area contributed by atoms with Crippen molar-refractivity contribution >= 4 is 0 Å². The third-order valence-corrected chi connectivity index (χ3v) is 3.52. The van der Waals surface area contributed by atoms with Crippen molar-refractivity contribution in [2.45, 2.75) is 44.2 Å². The van der Waals surface area contributed by atoms with Crippen LogP contribution in [0.15, 0.2) is 0 Å². The highest BCUT2D eigenvalue weighted by Gasteiger charge is 2.61. The first-order chi connectivity index (χ1) is 11.8. The van der Waals surface area contributed by atoms with Crippen molar-refractivity contribution in [1.29, 1.82) is 0 Å². The highest BCUT2D eigenvalue weighted by Crippen LogP contribution is 2.24. The van der Waals surface area contributed by atoms with E-state index in [4.69, 9.17) is 0 Å². The molecule has 26 heavy (non-hydrogen) atoms. The Hall–Kier alpha value is -3.27. The van der Waals surface area contributed by atoms with Crippen molar-refractivity contribution < 1.29 is 29.1 Å². The van der Waals surface area contributed by atoms with Gasteiger partial charge in [0.1, 0.15) is 19.7 Å². The molecule has 0 radical (unpaired) electrons. The number of rotatable bonds is 13. The fraction of sp³-hybridized carbons (Fsp3) is 1.00. The van der Waals surface area contributed by atoms with Gasteiger partial charge in [0.25, 0.3) is 0 Å². The largest absolute Gasteiger partial charge is 0.615 e. The summed E-state index contributed by atoms with van der Waals surface area (Å²) >= 11 is 0. The predicted octanol–water partition coefficient (Wildman–Crippen LogP) is 0.487. The van der Waals surface area contributed by atoms with Crippen LogP contribution in [-0.4, -0.2) is 54.4 Å². The topological polar surface area (TPSA) is 219 Å². The lowest BCUT2D eigenvalue weighted by Gasteiger charge is -2.21. The third kappa shape index (κ3) is 4.86. The summed E-state index contributed by atoms with van der Waals surface area (Å²) in [5.41, 5.74) is -3.02. The Morgan fingerprint density at radius 3 is 1.62 bits per heavy atom. The average molecular weight is 386 g/mol. The molecular weight excluding hydrogens is 371 g/mol. The average Bonchev–Trinajstić information content (AvgIpc) is 2.52. The fourth-order valence-corrected chi connectivity index (χ4v) is 1.93. The predicted molar refractivity (Wildman–Crippen MR) is 77.3 cm³/mol. The van der Waals surface area contributed by atoms with Crippen LogP contribution >= 0.6 is 0 Å². The molecule has 0 amide bonds. The standard InChI is InChI=1S/C9H15FN6O10/c1-2-3-4-8(12(17)18,13(19)20)7-11(16(25)26)6-5-9(10,14(21)22)15(23)24/h2-7H2,1H3. The van der Waals surface area contributed by atoms with Gasteiger partial charge < -0.3 is 0 Å². The zero-order valence-electron chi connectivity index (χ0n) is 13.4. The lowest BCUT2D eigenvalue weighted by molar-refractivity contribution is -0.835. The van der Waals surface area contributed by atoms with Crippen LogP contribution in [0.2, 0.25) is 0 Å². The van der Waals surface area contributed by atoms with Gasteiger partial charge in [-0.3, -0.25) is 40.5 Å². The smallest absolute Gasteiger partial charge is 0.258 e. The Morgan fingerprint density at radius 2 is 1.31 bits per heavy atom. The molecule has 0 aliphatic carbocycles.